The highest BCUT2D eigenvalue weighted by Gasteiger charge is 2.03. The van der Waals surface area contributed by atoms with Gasteiger partial charge in [0.1, 0.15) is 0 Å². The van der Waals surface area contributed by atoms with E-state index < -0.39 is 0 Å². The smallest absolute Gasteiger partial charge is 0.321 e. The van der Waals surface area contributed by atoms with E-state index in [-0.39, 0.29) is 0 Å². The fraction of sp³-hybridized carbons (Fsp3) is 0.364. The summed E-state index contributed by atoms with van der Waals surface area (Å²) in [5.41, 5.74) is 6.33. The lowest BCUT2D eigenvalue weighted by Gasteiger charge is -2.00. The Bertz CT molecular complexity index is 465. The monoisotopic (exact) mass is 233 g/mol. The van der Waals surface area contributed by atoms with Gasteiger partial charge in [0.05, 0.1) is 12.4 Å². The second kappa shape index (κ2) is 5.40. The molecular weight excluding hydrogens is 218 g/mol. The summed E-state index contributed by atoms with van der Waals surface area (Å²) in [5, 5.41) is 4.15. The zero-order valence-corrected chi connectivity index (χ0v) is 9.71. The Labute approximate surface area is 99.4 Å². The number of nitrogens with zero attached hydrogens (tertiary/aromatic N) is 4. The van der Waals surface area contributed by atoms with Gasteiger partial charge in [-0.3, -0.25) is 4.68 Å². The molecule has 0 amide bonds. The van der Waals surface area contributed by atoms with Crippen molar-refractivity contribution in [1.29, 1.82) is 0 Å². The normalized spacial score (nSPS) is 10.5. The Hall–Kier alpha value is -1.95. The summed E-state index contributed by atoms with van der Waals surface area (Å²) in [4.78, 5) is 8.10. The van der Waals surface area contributed by atoms with Crippen LogP contribution in [0.1, 0.15) is 18.9 Å². The first-order valence-corrected chi connectivity index (χ1v) is 5.53. The van der Waals surface area contributed by atoms with Crippen LogP contribution in [0.5, 0.6) is 11.8 Å². The van der Waals surface area contributed by atoms with Crippen LogP contribution in [-0.4, -0.2) is 19.7 Å². The summed E-state index contributed by atoms with van der Waals surface area (Å²) in [5.74, 6) is 0.638. The predicted octanol–water partition coefficient (Wildman–Crippen LogP) is 1.33. The molecule has 0 atom stereocenters. The van der Waals surface area contributed by atoms with Crippen molar-refractivity contribution >= 4 is 0 Å². The summed E-state index contributed by atoms with van der Waals surface area (Å²) in [6.45, 7) is 3.39. The molecule has 6 heteroatoms. The van der Waals surface area contributed by atoms with Gasteiger partial charge in [0.15, 0.2) is 5.75 Å². The predicted molar refractivity (Wildman–Crippen MR) is 62.5 cm³/mol. The van der Waals surface area contributed by atoms with Crippen molar-refractivity contribution in [3.05, 3.63) is 30.4 Å². The highest BCUT2D eigenvalue weighted by Crippen LogP contribution is 2.16. The fourth-order valence-corrected chi connectivity index (χ4v) is 1.36. The average Bonchev–Trinajstić information content (AvgIpc) is 2.78. The number of aryl methyl sites for hydroxylation is 1. The van der Waals surface area contributed by atoms with Crippen molar-refractivity contribution in [2.45, 2.75) is 26.4 Å². The molecule has 0 aliphatic heterocycles. The van der Waals surface area contributed by atoms with Gasteiger partial charge in [-0.05, 0) is 6.42 Å². The van der Waals surface area contributed by atoms with Crippen LogP contribution < -0.4 is 10.5 Å². The van der Waals surface area contributed by atoms with Crippen LogP contribution in [0.2, 0.25) is 0 Å². The van der Waals surface area contributed by atoms with Gasteiger partial charge in [-0.2, -0.15) is 5.10 Å². The Kier molecular flexibility index (Phi) is 3.66. The molecule has 0 fully saturated rings. The Balaban J connectivity index is 2.03. The minimum absolute atomic E-state index is 0.304. The van der Waals surface area contributed by atoms with Crippen LogP contribution >= 0.6 is 0 Å². The lowest BCUT2D eigenvalue weighted by molar-refractivity contribution is 0.439. The van der Waals surface area contributed by atoms with E-state index in [1.54, 1.807) is 18.6 Å². The fourth-order valence-electron chi connectivity index (χ4n) is 1.36. The summed E-state index contributed by atoms with van der Waals surface area (Å²) < 4.78 is 7.28. The van der Waals surface area contributed by atoms with Gasteiger partial charge in [0, 0.05) is 31.0 Å². The molecule has 2 heterocycles. The second-order valence-electron chi connectivity index (χ2n) is 3.62. The molecule has 0 bridgehead atoms. The highest BCUT2D eigenvalue weighted by atomic mass is 16.5. The first-order valence-electron chi connectivity index (χ1n) is 5.53. The lowest BCUT2D eigenvalue weighted by Crippen LogP contribution is -1.99. The van der Waals surface area contributed by atoms with Gasteiger partial charge >= 0.3 is 6.01 Å². The molecule has 17 heavy (non-hydrogen) atoms. The molecule has 0 aliphatic rings. The zero-order chi connectivity index (χ0) is 12.1. The number of aromatic nitrogens is 4. The van der Waals surface area contributed by atoms with Crippen LogP contribution in [-0.2, 0) is 13.1 Å². The molecule has 0 radical (unpaired) electrons. The Morgan fingerprint density at radius 3 is 2.71 bits per heavy atom. The van der Waals surface area contributed by atoms with Crippen LogP contribution in [0.25, 0.3) is 0 Å². The van der Waals surface area contributed by atoms with E-state index in [2.05, 4.69) is 22.0 Å². The van der Waals surface area contributed by atoms with Gasteiger partial charge < -0.3 is 10.5 Å². The van der Waals surface area contributed by atoms with Gasteiger partial charge in [-0.25, -0.2) is 9.97 Å². The van der Waals surface area contributed by atoms with Crippen LogP contribution in [0, 0.1) is 0 Å². The van der Waals surface area contributed by atoms with Crippen molar-refractivity contribution in [2.24, 2.45) is 5.73 Å². The van der Waals surface area contributed by atoms with Gasteiger partial charge in [-0.1, -0.05) is 6.92 Å². The average molecular weight is 233 g/mol. The van der Waals surface area contributed by atoms with E-state index in [1.165, 1.54) is 0 Å². The maximum Gasteiger partial charge on any atom is 0.321 e. The largest absolute Gasteiger partial charge is 0.421 e. The van der Waals surface area contributed by atoms with Crippen molar-refractivity contribution in [3.63, 3.8) is 0 Å². The molecule has 0 saturated heterocycles. The molecule has 6 nitrogen and oxygen atoms in total. The number of nitrogens with two attached hydrogens (primary N) is 1. The number of rotatable bonds is 5. The summed E-state index contributed by atoms with van der Waals surface area (Å²) in [6, 6.07) is 0.304. The van der Waals surface area contributed by atoms with E-state index in [1.807, 2.05) is 10.9 Å². The summed E-state index contributed by atoms with van der Waals surface area (Å²) >= 11 is 0. The minimum Gasteiger partial charge on any atom is -0.421 e. The third kappa shape index (κ3) is 3.01. The molecule has 0 saturated carbocycles. The molecule has 0 spiro atoms. The maximum atomic E-state index is 5.46. The lowest BCUT2D eigenvalue weighted by atomic mass is 10.4. The molecule has 90 valence electrons. The van der Waals surface area contributed by atoms with Crippen LogP contribution in [0.3, 0.4) is 0 Å². The molecule has 2 rings (SSSR count). The molecule has 2 aromatic heterocycles. The number of hydrogen-bond donors (Lipinski definition) is 1. The summed E-state index contributed by atoms with van der Waals surface area (Å²) in [6.07, 6.45) is 7.81. The van der Waals surface area contributed by atoms with E-state index in [4.69, 9.17) is 10.5 Å². The standard InChI is InChI=1S/C11H15N5O/c1-2-3-16-8-10(7-15-16)17-11-13-5-9(4-12)6-14-11/h5-8H,2-4,12H2,1H3. The third-order valence-electron chi connectivity index (χ3n) is 2.19. The highest BCUT2D eigenvalue weighted by molar-refractivity contribution is 5.17. The van der Waals surface area contributed by atoms with Crippen molar-refractivity contribution in [1.82, 2.24) is 19.7 Å². The van der Waals surface area contributed by atoms with Crippen LogP contribution in [0.4, 0.5) is 0 Å². The third-order valence-corrected chi connectivity index (χ3v) is 2.19. The molecule has 0 unspecified atom stereocenters. The zero-order valence-electron chi connectivity index (χ0n) is 9.71. The van der Waals surface area contributed by atoms with E-state index in [0.29, 0.717) is 18.3 Å². The molecule has 2 aromatic rings. The van der Waals surface area contributed by atoms with Gasteiger partial charge in [0.2, 0.25) is 0 Å². The summed E-state index contributed by atoms with van der Waals surface area (Å²) in [7, 11) is 0. The van der Waals surface area contributed by atoms with E-state index >= 15 is 0 Å². The van der Waals surface area contributed by atoms with E-state index in [9.17, 15) is 0 Å². The second-order valence-corrected chi connectivity index (χ2v) is 3.62. The molecule has 0 aromatic carbocycles. The van der Waals surface area contributed by atoms with Crippen molar-refractivity contribution < 1.29 is 4.74 Å². The van der Waals surface area contributed by atoms with Crippen LogP contribution in [0.15, 0.2) is 24.8 Å². The van der Waals surface area contributed by atoms with Gasteiger partial charge in [0.25, 0.3) is 0 Å². The quantitative estimate of drug-likeness (QED) is 0.842. The van der Waals surface area contributed by atoms with Crippen molar-refractivity contribution in [3.8, 4) is 11.8 Å². The van der Waals surface area contributed by atoms with Gasteiger partial charge in [-0.15, -0.1) is 0 Å². The number of hydrogen-bond acceptors (Lipinski definition) is 5. The first-order chi connectivity index (χ1) is 8.31. The molecule has 0 aliphatic carbocycles. The minimum atomic E-state index is 0.304. The number of ether oxygens (including phenoxy) is 1. The van der Waals surface area contributed by atoms with E-state index in [0.717, 1.165) is 18.5 Å². The van der Waals surface area contributed by atoms with Crippen molar-refractivity contribution in [2.75, 3.05) is 0 Å². The molecule has 2 N–H and O–H groups in total. The SMILES string of the molecule is CCCn1cc(Oc2ncc(CN)cn2)cn1. The first kappa shape index (κ1) is 11.5. The molecular formula is C11H15N5O. The maximum absolute atomic E-state index is 5.46. The Morgan fingerprint density at radius 2 is 2.06 bits per heavy atom. The Morgan fingerprint density at radius 1 is 1.29 bits per heavy atom. The topological polar surface area (TPSA) is 78.9 Å².